The van der Waals surface area contributed by atoms with Crippen LogP contribution in [0.1, 0.15) is 18.6 Å². The number of hydrogen-bond donors (Lipinski definition) is 1. The summed E-state index contributed by atoms with van der Waals surface area (Å²) in [7, 11) is -0.890. The van der Waals surface area contributed by atoms with Crippen molar-refractivity contribution in [3.05, 3.63) is 94.5 Å². The quantitative estimate of drug-likeness (QED) is 0.364. The van der Waals surface area contributed by atoms with Gasteiger partial charge in [-0.3, -0.25) is 4.79 Å². The van der Waals surface area contributed by atoms with Gasteiger partial charge in [-0.15, -0.1) is 0 Å². The van der Waals surface area contributed by atoms with Crippen molar-refractivity contribution in [3.63, 3.8) is 0 Å². The Hall–Kier alpha value is -1.90. The van der Waals surface area contributed by atoms with Crippen LogP contribution in [0.3, 0.4) is 0 Å². The van der Waals surface area contributed by atoms with E-state index in [0.29, 0.717) is 21.8 Å². The summed E-state index contributed by atoms with van der Waals surface area (Å²) in [5.41, 5.74) is 0.540. The maximum Gasteiger partial charge on any atom is 0.312 e. The summed E-state index contributed by atoms with van der Waals surface area (Å²) in [6.45, 7) is 2.01. The van der Waals surface area contributed by atoms with Gasteiger partial charge in [-0.2, -0.15) is 0 Å². The van der Waals surface area contributed by atoms with Gasteiger partial charge in [-0.1, -0.05) is 89.9 Å². The van der Waals surface area contributed by atoms with Crippen molar-refractivity contribution in [1.82, 2.24) is 0 Å². The molecule has 0 amide bonds. The Kier molecular flexibility index (Phi) is 8.30. The van der Waals surface area contributed by atoms with Crippen LogP contribution in [0.15, 0.2) is 78.9 Å². The van der Waals surface area contributed by atoms with Gasteiger partial charge in [-0.05, 0) is 49.3 Å². The predicted molar refractivity (Wildman–Crippen MR) is 125 cm³/mol. The summed E-state index contributed by atoms with van der Waals surface area (Å²) in [6, 6.07) is 25.1. The second kappa shape index (κ2) is 10.9. The second-order valence-corrected chi connectivity index (χ2v) is 9.83. The van der Waals surface area contributed by atoms with Crippen molar-refractivity contribution >= 4 is 47.7 Å². The number of hydrogen-bond acceptors (Lipinski definition) is 3. The van der Waals surface area contributed by atoms with Gasteiger partial charge in [0.2, 0.25) is 0 Å². The molecule has 3 aromatic rings. The van der Waals surface area contributed by atoms with Crippen LogP contribution in [-0.2, 0) is 9.53 Å². The zero-order chi connectivity index (χ0) is 21.5. The van der Waals surface area contributed by atoms with E-state index in [9.17, 15) is 9.90 Å². The van der Waals surface area contributed by atoms with Crippen molar-refractivity contribution in [1.29, 1.82) is 0 Å². The highest BCUT2D eigenvalue weighted by Crippen LogP contribution is 2.40. The average Bonchev–Trinajstić information content (AvgIpc) is 2.77. The third kappa shape index (κ3) is 5.62. The van der Waals surface area contributed by atoms with Crippen LogP contribution in [0.4, 0.5) is 0 Å². The van der Waals surface area contributed by atoms with Crippen molar-refractivity contribution in [2.75, 3.05) is 12.8 Å². The maximum atomic E-state index is 12.9. The van der Waals surface area contributed by atoms with Crippen molar-refractivity contribution < 1.29 is 14.6 Å². The Morgan fingerprint density at radius 3 is 2.00 bits per heavy atom. The fraction of sp³-hybridized carbons (Fsp3) is 0.208. The number of carbonyl (C=O) groups excluding carboxylic acids is 1. The van der Waals surface area contributed by atoms with E-state index in [4.69, 9.17) is 27.9 Å². The van der Waals surface area contributed by atoms with Crippen LogP contribution in [0.2, 0.25) is 10.0 Å². The minimum Gasteiger partial charge on any atom is -0.466 e. The lowest BCUT2D eigenvalue weighted by atomic mass is 9.97. The number of ether oxygens (including phenoxy) is 1. The number of esters is 1. The number of carbonyl (C=O) groups is 1. The minimum absolute atomic E-state index is 0.248. The highest BCUT2D eigenvalue weighted by Gasteiger charge is 2.33. The molecule has 30 heavy (non-hydrogen) atoms. The van der Waals surface area contributed by atoms with Crippen LogP contribution >= 0.6 is 31.1 Å². The first kappa shape index (κ1) is 22.8. The van der Waals surface area contributed by atoms with E-state index >= 15 is 0 Å². The number of benzene rings is 3. The van der Waals surface area contributed by atoms with E-state index in [1.54, 1.807) is 25.1 Å². The molecule has 3 rings (SSSR count). The summed E-state index contributed by atoms with van der Waals surface area (Å²) < 4.78 is 5.33. The molecular formula is C24H23Cl2O3P. The molecule has 0 heterocycles. The average molecular weight is 461 g/mol. The lowest BCUT2D eigenvalue weighted by Gasteiger charge is -2.27. The Morgan fingerprint density at radius 1 is 0.933 bits per heavy atom. The van der Waals surface area contributed by atoms with Crippen molar-refractivity contribution in [3.8, 4) is 0 Å². The standard InChI is InChI=1S/C24H23Cl2O3P/c1-2-29-24(28)20(23(27)17-13-14-21(25)22(26)15-17)16-30(18-9-5-3-6-10-18)19-11-7-4-8-12-19/h3-15,20,23,27H,2,16H2,1H3. The van der Waals surface area contributed by atoms with Gasteiger partial charge >= 0.3 is 5.97 Å². The Morgan fingerprint density at radius 2 is 1.50 bits per heavy atom. The molecule has 0 bridgehead atoms. The van der Waals surface area contributed by atoms with Gasteiger partial charge in [0.25, 0.3) is 0 Å². The monoisotopic (exact) mass is 460 g/mol. The Labute approximate surface area is 188 Å². The molecule has 6 heteroatoms. The number of rotatable bonds is 8. The van der Waals surface area contributed by atoms with Crippen molar-refractivity contribution in [2.45, 2.75) is 13.0 Å². The third-order valence-electron chi connectivity index (χ3n) is 4.77. The van der Waals surface area contributed by atoms with Crippen molar-refractivity contribution in [2.24, 2.45) is 5.92 Å². The molecule has 0 aliphatic rings. The van der Waals surface area contributed by atoms with Gasteiger partial charge in [0.05, 0.1) is 28.7 Å². The molecule has 0 saturated carbocycles. The summed E-state index contributed by atoms with van der Waals surface area (Å²) in [6.07, 6.45) is -0.611. The molecule has 0 saturated heterocycles. The smallest absolute Gasteiger partial charge is 0.312 e. The second-order valence-electron chi connectivity index (χ2n) is 6.76. The van der Waals surface area contributed by atoms with E-state index in [-0.39, 0.29) is 6.61 Å². The lowest BCUT2D eigenvalue weighted by Crippen LogP contribution is -2.30. The topological polar surface area (TPSA) is 46.5 Å². The first-order chi connectivity index (χ1) is 14.5. The van der Waals surface area contributed by atoms with Gasteiger partial charge in [0.1, 0.15) is 0 Å². The van der Waals surface area contributed by atoms with Crippen LogP contribution < -0.4 is 10.6 Å². The molecule has 0 aliphatic carbocycles. The van der Waals surface area contributed by atoms with E-state index in [1.807, 2.05) is 36.4 Å². The highest BCUT2D eigenvalue weighted by molar-refractivity contribution is 7.73. The molecular weight excluding hydrogens is 438 g/mol. The van der Waals surface area contributed by atoms with Gasteiger partial charge < -0.3 is 9.84 Å². The van der Waals surface area contributed by atoms with Gasteiger partial charge in [0.15, 0.2) is 0 Å². The van der Waals surface area contributed by atoms with E-state index in [2.05, 4.69) is 24.3 Å². The summed E-state index contributed by atoms with van der Waals surface area (Å²) >= 11 is 12.2. The van der Waals surface area contributed by atoms with E-state index in [1.165, 1.54) is 0 Å². The Balaban J connectivity index is 1.99. The molecule has 0 aromatic heterocycles. The summed E-state index contributed by atoms with van der Waals surface area (Å²) in [5.74, 6) is -1.16. The molecule has 3 nitrogen and oxygen atoms in total. The third-order valence-corrected chi connectivity index (χ3v) is 8.11. The van der Waals surface area contributed by atoms with Crippen LogP contribution in [-0.4, -0.2) is 23.8 Å². The molecule has 3 aromatic carbocycles. The lowest BCUT2D eigenvalue weighted by molar-refractivity contribution is -0.151. The molecule has 0 aliphatic heterocycles. The molecule has 156 valence electrons. The van der Waals surface area contributed by atoms with Gasteiger partial charge in [-0.25, -0.2) is 0 Å². The molecule has 1 N–H and O–H groups in total. The fourth-order valence-electron chi connectivity index (χ4n) is 3.25. The molecule has 0 radical (unpaired) electrons. The minimum atomic E-state index is -1.06. The van der Waals surface area contributed by atoms with Gasteiger partial charge in [0, 0.05) is 0 Å². The first-order valence-corrected chi connectivity index (χ1v) is 12.0. The van der Waals surface area contributed by atoms with E-state index < -0.39 is 25.9 Å². The maximum absolute atomic E-state index is 12.9. The zero-order valence-electron chi connectivity index (χ0n) is 16.5. The number of halogens is 2. The zero-order valence-corrected chi connectivity index (χ0v) is 18.9. The normalized spacial score (nSPS) is 13.1. The first-order valence-electron chi connectivity index (χ1n) is 9.68. The molecule has 2 atom stereocenters. The van der Waals surface area contributed by atoms with Crippen LogP contribution in [0.25, 0.3) is 0 Å². The number of aliphatic hydroxyl groups is 1. The summed E-state index contributed by atoms with van der Waals surface area (Å²) in [5, 5.41) is 14.1. The van der Waals surface area contributed by atoms with Crippen LogP contribution in [0.5, 0.6) is 0 Å². The summed E-state index contributed by atoms with van der Waals surface area (Å²) in [4.78, 5) is 12.9. The fourth-order valence-corrected chi connectivity index (χ4v) is 6.09. The molecule has 0 spiro atoms. The Bertz CT molecular complexity index is 927. The SMILES string of the molecule is CCOC(=O)C(CP(c1ccccc1)c1ccccc1)C(O)c1ccc(Cl)c(Cl)c1. The van der Waals surface area contributed by atoms with E-state index in [0.717, 1.165) is 10.6 Å². The molecule has 0 fully saturated rings. The predicted octanol–water partition coefficient (Wildman–Crippen LogP) is 5.34. The van der Waals surface area contributed by atoms with Crippen LogP contribution in [0, 0.1) is 5.92 Å². The number of aliphatic hydroxyl groups excluding tert-OH is 1. The molecule has 2 unspecified atom stereocenters. The highest BCUT2D eigenvalue weighted by atomic mass is 35.5. The largest absolute Gasteiger partial charge is 0.466 e.